The zero-order valence-corrected chi connectivity index (χ0v) is 44.7. The molecule has 6 aromatic rings. The van der Waals surface area contributed by atoms with E-state index in [-0.39, 0.29) is 50.2 Å². The van der Waals surface area contributed by atoms with E-state index in [2.05, 4.69) is 47.5 Å². The van der Waals surface area contributed by atoms with Crippen LogP contribution in [0.2, 0.25) is 0 Å². The number of anilines is 1. The molecule has 0 radical (unpaired) electrons. The smallest absolute Gasteiger partial charge is 0.258 e. The molecule has 0 unspecified atom stereocenters. The van der Waals surface area contributed by atoms with Crippen LogP contribution in [0.25, 0.3) is 32.7 Å². The number of aromatic amines is 1. The lowest BCUT2D eigenvalue weighted by molar-refractivity contribution is -0.145. The number of ether oxygens (including phenoxy) is 1. The number of aromatic nitrogens is 6. The number of aromatic hydroxyl groups is 1. The van der Waals surface area contributed by atoms with Crippen LogP contribution in [0.15, 0.2) is 66.4 Å². The summed E-state index contributed by atoms with van der Waals surface area (Å²) >= 11 is 1.56. The lowest BCUT2D eigenvalue weighted by Gasteiger charge is -2.41. The van der Waals surface area contributed by atoms with E-state index < -0.39 is 47.0 Å². The van der Waals surface area contributed by atoms with E-state index >= 15 is 0 Å². The molecule has 4 fully saturated rings. The minimum absolute atomic E-state index is 0.00311. The molecule has 7 heterocycles. The molecule has 2 saturated carbocycles. The third-order valence-electron chi connectivity index (χ3n) is 16.6. The number of likely N-dealkylation sites (tertiary alicyclic amines) is 2. The van der Waals surface area contributed by atoms with Gasteiger partial charge in [-0.3, -0.25) is 14.4 Å². The summed E-state index contributed by atoms with van der Waals surface area (Å²) in [5, 5.41) is 36.8. The van der Waals surface area contributed by atoms with Crippen molar-refractivity contribution in [3.63, 3.8) is 0 Å². The number of carbonyl (C=O) groups excluding carboxylic acids is 3. The number of benzene rings is 2. The number of aliphatic hydroxyl groups excluding tert-OH is 1. The zero-order chi connectivity index (χ0) is 53.0. The molecule has 400 valence electrons. The summed E-state index contributed by atoms with van der Waals surface area (Å²) in [6, 6.07) is 13.6. The van der Waals surface area contributed by atoms with Crippen LogP contribution in [0.4, 0.5) is 10.3 Å². The quantitative estimate of drug-likeness (QED) is 0.0746. The monoisotopic (exact) mass is 1050 g/mol. The standard InChI is InChI=1S/C57H68FN11O6S/c1-32-49(76-31-62-32)35-10-11-36(27-59-52(72)45-25-39(70)30-69(45)53(73)50(56(3,4)5)64-54(74)57(58)19-20-57)47(24-35)75-40-14-12-38(13-15-40)67-21-16-34(17-22-67)37-28-60-55(61-29-37)68-23-18-43-48(33(68)2)42-26-44(65-66-51(42)63-43)41-8-6-7-9-46(41)71/h6-11,24,26,28-29,31,33-34,38-40,45,50,70-71H,12-23,25,27,30H2,1-5H3,(H,59,72)(H,63,66)(H,64,74)/t33-,38-,39-,40+,45+,50-/m1/s1. The van der Waals surface area contributed by atoms with Gasteiger partial charge in [0.2, 0.25) is 17.8 Å². The zero-order valence-electron chi connectivity index (χ0n) is 43.9. The summed E-state index contributed by atoms with van der Waals surface area (Å²) in [5.41, 5.74) is 7.26. The molecule has 3 aliphatic heterocycles. The van der Waals surface area contributed by atoms with Gasteiger partial charge in [-0.05, 0) is 125 Å². The molecule has 4 atom stereocenters. The number of H-pyrrole nitrogens is 1. The van der Waals surface area contributed by atoms with Gasteiger partial charge in [-0.1, -0.05) is 45.0 Å². The number of amides is 3. The van der Waals surface area contributed by atoms with Crippen LogP contribution in [-0.4, -0.2) is 130 Å². The van der Waals surface area contributed by atoms with Crippen LogP contribution in [0.5, 0.6) is 11.5 Å². The molecule has 76 heavy (non-hydrogen) atoms. The maximum atomic E-state index is 14.7. The fourth-order valence-corrected chi connectivity index (χ4v) is 12.8. The highest BCUT2D eigenvalue weighted by atomic mass is 32.1. The highest BCUT2D eigenvalue weighted by molar-refractivity contribution is 7.13. The number of thiazole rings is 1. The predicted octanol–water partition coefficient (Wildman–Crippen LogP) is 7.86. The molecule has 5 aliphatic rings. The second-order valence-corrected chi connectivity index (χ2v) is 23.6. The number of hydrogen-bond donors (Lipinski definition) is 5. The van der Waals surface area contributed by atoms with Crippen LogP contribution in [-0.2, 0) is 27.3 Å². The van der Waals surface area contributed by atoms with Gasteiger partial charge in [0.1, 0.15) is 23.6 Å². The SMILES string of the molecule is Cc1ncsc1-c1ccc(CNC(=O)[C@@H]2C[C@@H](O)CN2C(=O)[C@@H](NC(=O)C2(F)CC2)C(C)(C)C)c(O[C@H]2CC[C@@H](N3CCC(c4cnc(N5CCc6[nH]c7nnc(-c8ccccc8O)cc7c6[C@H]5C)nc4)CC3)CC2)c1. The van der Waals surface area contributed by atoms with Crippen molar-refractivity contribution >= 4 is 46.0 Å². The fraction of sp³-hybridized carbons (Fsp3) is 0.509. The fourth-order valence-electron chi connectivity index (χ4n) is 12.0. The molecule has 19 heteroatoms. The number of fused-ring (bicyclic) bond motifs is 3. The number of aliphatic hydroxyl groups is 1. The van der Waals surface area contributed by atoms with E-state index in [1.54, 1.807) is 44.2 Å². The van der Waals surface area contributed by atoms with Crippen LogP contribution in [0.3, 0.4) is 0 Å². The largest absolute Gasteiger partial charge is 0.507 e. The van der Waals surface area contributed by atoms with Crippen molar-refractivity contribution in [1.29, 1.82) is 0 Å². The molecule has 0 spiro atoms. The Kier molecular flexibility index (Phi) is 14.1. The van der Waals surface area contributed by atoms with E-state index in [1.807, 2.05) is 61.2 Å². The summed E-state index contributed by atoms with van der Waals surface area (Å²) in [5.74, 6) is 0.188. The summed E-state index contributed by atoms with van der Waals surface area (Å²) in [6.45, 7) is 12.4. The lowest BCUT2D eigenvalue weighted by Crippen LogP contribution is -2.59. The van der Waals surface area contributed by atoms with Gasteiger partial charge in [-0.2, -0.15) is 0 Å². The first-order valence-corrected chi connectivity index (χ1v) is 27.8. The number of aryl methyl sites for hydroxylation is 1. The molecular formula is C57H68FN11O6S. The van der Waals surface area contributed by atoms with E-state index in [1.165, 1.54) is 10.5 Å². The Hall–Kier alpha value is -6.57. The van der Waals surface area contributed by atoms with Crippen LogP contribution in [0, 0.1) is 12.3 Å². The first-order valence-electron chi connectivity index (χ1n) is 27.0. The Bertz CT molecular complexity index is 3120. The number of phenols is 1. The molecule has 2 aromatic carbocycles. The Morgan fingerprint density at radius 1 is 0.974 bits per heavy atom. The summed E-state index contributed by atoms with van der Waals surface area (Å²) in [4.78, 5) is 66.0. The van der Waals surface area contributed by atoms with Gasteiger partial charge < -0.3 is 45.3 Å². The van der Waals surface area contributed by atoms with Crippen LogP contribution >= 0.6 is 11.3 Å². The number of nitrogens with zero attached hydrogens (tertiary/aromatic N) is 8. The van der Waals surface area contributed by atoms with Crippen molar-refractivity contribution in [2.24, 2.45) is 5.41 Å². The van der Waals surface area contributed by atoms with E-state index in [0.29, 0.717) is 34.9 Å². The number of hydrogen-bond acceptors (Lipinski definition) is 14. The van der Waals surface area contributed by atoms with E-state index in [4.69, 9.17) is 14.7 Å². The second-order valence-electron chi connectivity index (χ2n) is 22.8. The molecule has 5 N–H and O–H groups in total. The minimum Gasteiger partial charge on any atom is -0.507 e. The topological polar surface area (TPSA) is 215 Å². The highest BCUT2D eigenvalue weighted by Gasteiger charge is 2.53. The van der Waals surface area contributed by atoms with Gasteiger partial charge in [-0.15, -0.1) is 21.5 Å². The maximum absolute atomic E-state index is 14.7. The number of alkyl halides is 1. The summed E-state index contributed by atoms with van der Waals surface area (Å²) < 4.78 is 21.6. The van der Waals surface area contributed by atoms with Gasteiger partial charge >= 0.3 is 0 Å². The van der Waals surface area contributed by atoms with Crippen molar-refractivity contribution < 1.29 is 33.7 Å². The van der Waals surface area contributed by atoms with Crippen LogP contribution < -0.4 is 20.3 Å². The number of phenolic OH excluding ortho intramolecular Hbond substituents is 1. The molecular weight excluding hydrogens is 986 g/mol. The van der Waals surface area contributed by atoms with Crippen molar-refractivity contribution in [2.45, 2.75) is 153 Å². The molecule has 2 aliphatic carbocycles. The second kappa shape index (κ2) is 20.8. The number of β-amino-alcohol motifs (C(OH)–C–C–N with tert-alkyl or cyclic N) is 1. The number of rotatable bonds is 13. The van der Waals surface area contributed by atoms with Crippen molar-refractivity contribution in [3.8, 4) is 33.2 Å². The molecule has 3 amide bonds. The first kappa shape index (κ1) is 51.5. The Morgan fingerprint density at radius 2 is 1.72 bits per heavy atom. The molecule has 0 bridgehead atoms. The Labute approximate surface area is 446 Å². The molecule has 4 aromatic heterocycles. The van der Waals surface area contributed by atoms with Crippen molar-refractivity contribution in [3.05, 3.63) is 94.5 Å². The number of carbonyl (C=O) groups is 3. The van der Waals surface area contributed by atoms with Gasteiger partial charge in [0.15, 0.2) is 11.3 Å². The Balaban J connectivity index is 0.697. The first-order chi connectivity index (χ1) is 36.5. The minimum atomic E-state index is -1.97. The van der Waals surface area contributed by atoms with Crippen molar-refractivity contribution in [1.82, 2.24) is 50.6 Å². The van der Waals surface area contributed by atoms with Gasteiger partial charge in [0.25, 0.3) is 5.91 Å². The number of piperidine rings is 1. The van der Waals surface area contributed by atoms with Gasteiger partial charge in [0, 0.05) is 78.7 Å². The number of para-hydroxylation sites is 1. The summed E-state index contributed by atoms with van der Waals surface area (Å²) in [6.07, 6.45) is 10.1. The average Bonchev–Trinajstić information content (AvgIpc) is 3.67. The highest BCUT2D eigenvalue weighted by Crippen LogP contribution is 2.42. The third-order valence-corrected chi connectivity index (χ3v) is 17.6. The van der Waals surface area contributed by atoms with Crippen molar-refractivity contribution in [2.75, 3.05) is 31.1 Å². The molecule has 11 rings (SSSR count). The van der Waals surface area contributed by atoms with E-state index in [0.717, 1.165) is 109 Å². The Morgan fingerprint density at radius 3 is 2.42 bits per heavy atom. The van der Waals surface area contributed by atoms with Gasteiger partial charge in [-0.25, -0.2) is 19.3 Å². The normalized spacial score (nSPS) is 23.3. The lowest BCUT2D eigenvalue weighted by atomic mass is 9.85. The van der Waals surface area contributed by atoms with E-state index in [9.17, 15) is 29.0 Å². The molecule has 2 saturated heterocycles. The number of halogens is 1. The average molecular weight is 1050 g/mol. The number of nitrogens with one attached hydrogen (secondary N) is 3. The third kappa shape index (κ3) is 10.4. The predicted molar refractivity (Wildman–Crippen MR) is 287 cm³/mol. The summed E-state index contributed by atoms with van der Waals surface area (Å²) in [7, 11) is 0. The van der Waals surface area contributed by atoms with Crippen LogP contribution in [0.1, 0.15) is 126 Å². The maximum Gasteiger partial charge on any atom is 0.258 e. The van der Waals surface area contributed by atoms with Gasteiger partial charge in [0.05, 0.1) is 40.0 Å². The molecule has 17 nitrogen and oxygen atoms in total.